The second-order valence-corrected chi connectivity index (χ2v) is 12.8. The molecule has 2 aliphatic rings. The SMILES string of the molecule is C[C@H](N[P@@](=O)(OC[C@@]1(C#N)O[C@@H](c2ccc3c(N)ncnn23)[C@H](O)[C@@H]1O)Oc1ccccc1)C(=O)O[C@H]1CC[C@H](C(F)(F)F)CC1. The van der Waals surface area contributed by atoms with E-state index < -0.39 is 68.5 Å². The molecule has 18 heteroatoms. The number of nitrogens with one attached hydrogen (secondary N) is 1. The lowest BCUT2D eigenvalue weighted by molar-refractivity contribution is -0.188. The van der Waals surface area contributed by atoms with Gasteiger partial charge >= 0.3 is 19.9 Å². The highest BCUT2D eigenvalue weighted by Crippen LogP contribution is 2.48. The van der Waals surface area contributed by atoms with Crippen molar-refractivity contribution in [2.45, 2.75) is 74.8 Å². The van der Waals surface area contributed by atoms with Crippen molar-refractivity contribution >= 4 is 25.1 Å². The van der Waals surface area contributed by atoms with E-state index in [-0.39, 0.29) is 42.9 Å². The number of carbonyl (C=O) groups is 1. The predicted octanol–water partition coefficient (Wildman–Crippen LogP) is 3.21. The minimum absolute atomic E-state index is 0.0102. The number of fused-ring (bicyclic) bond motifs is 1. The van der Waals surface area contributed by atoms with Gasteiger partial charge in [-0.05, 0) is 56.9 Å². The molecule has 6 atom stereocenters. The number of para-hydroxylation sites is 1. The molecule has 46 heavy (non-hydrogen) atoms. The molecule has 3 aromatic rings. The largest absolute Gasteiger partial charge is 0.461 e. The number of ether oxygens (including phenoxy) is 2. The molecule has 2 fully saturated rings. The fourth-order valence-corrected chi connectivity index (χ4v) is 6.95. The highest BCUT2D eigenvalue weighted by Gasteiger charge is 2.57. The van der Waals surface area contributed by atoms with Crippen molar-refractivity contribution < 1.29 is 51.3 Å². The predicted molar refractivity (Wildman–Crippen MR) is 153 cm³/mol. The number of rotatable bonds is 10. The molecule has 0 radical (unpaired) electrons. The quantitative estimate of drug-likeness (QED) is 0.181. The average Bonchev–Trinajstić information content (AvgIpc) is 3.56. The van der Waals surface area contributed by atoms with E-state index in [1.807, 2.05) is 0 Å². The van der Waals surface area contributed by atoms with Crippen molar-refractivity contribution in [3.8, 4) is 11.8 Å². The number of esters is 1. The number of nitriles is 1. The Balaban J connectivity index is 1.31. The summed E-state index contributed by atoms with van der Waals surface area (Å²) in [5.41, 5.74) is 4.22. The van der Waals surface area contributed by atoms with Gasteiger partial charge in [-0.1, -0.05) is 18.2 Å². The molecule has 5 N–H and O–H groups in total. The number of nitrogen functional groups attached to an aromatic ring is 1. The van der Waals surface area contributed by atoms with Gasteiger partial charge in [-0.25, -0.2) is 14.1 Å². The first-order chi connectivity index (χ1) is 21.7. The highest BCUT2D eigenvalue weighted by atomic mass is 31.2. The van der Waals surface area contributed by atoms with Crippen LogP contribution in [0.2, 0.25) is 0 Å². The third-order valence-electron chi connectivity index (χ3n) is 7.98. The van der Waals surface area contributed by atoms with Crippen LogP contribution < -0.4 is 15.3 Å². The van der Waals surface area contributed by atoms with Gasteiger partial charge in [-0.3, -0.25) is 9.32 Å². The molecule has 3 heterocycles. The number of alkyl halides is 3. The number of nitrogens with zero attached hydrogens (tertiary/aromatic N) is 4. The minimum Gasteiger partial charge on any atom is -0.461 e. The zero-order valence-corrected chi connectivity index (χ0v) is 25.3. The summed E-state index contributed by atoms with van der Waals surface area (Å²) in [6.07, 6.45) is -9.11. The van der Waals surface area contributed by atoms with Gasteiger partial charge in [0, 0.05) is 0 Å². The maximum atomic E-state index is 14.0. The Kier molecular flexibility index (Phi) is 9.60. The summed E-state index contributed by atoms with van der Waals surface area (Å²) in [5.74, 6) is -2.19. The van der Waals surface area contributed by atoms with Crippen LogP contribution in [0.4, 0.5) is 19.0 Å². The van der Waals surface area contributed by atoms with Crippen molar-refractivity contribution in [1.29, 1.82) is 5.26 Å². The number of halogens is 3. The average molecular weight is 669 g/mol. The molecule has 0 bridgehead atoms. The first kappa shape index (κ1) is 33.6. The van der Waals surface area contributed by atoms with Gasteiger partial charge in [0.05, 0.1) is 11.6 Å². The number of anilines is 1. The van der Waals surface area contributed by atoms with E-state index >= 15 is 0 Å². The second-order valence-electron chi connectivity index (χ2n) is 11.2. The van der Waals surface area contributed by atoms with Crippen LogP contribution >= 0.6 is 7.75 Å². The summed E-state index contributed by atoms with van der Waals surface area (Å²) in [6.45, 7) is 0.388. The number of aliphatic hydroxyl groups excluding tert-OH is 2. The van der Waals surface area contributed by atoms with E-state index in [4.69, 9.17) is 24.3 Å². The molecule has 1 saturated carbocycles. The molecule has 248 valence electrons. The number of aromatic nitrogens is 3. The van der Waals surface area contributed by atoms with E-state index in [1.165, 1.54) is 36.0 Å². The van der Waals surface area contributed by atoms with Gasteiger partial charge in [-0.15, -0.1) is 0 Å². The monoisotopic (exact) mass is 668 g/mol. The van der Waals surface area contributed by atoms with Gasteiger partial charge < -0.3 is 29.9 Å². The molecular formula is C28H32F3N6O8P. The number of aliphatic hydroxyl groups is 2. The van der Waals surface area contributed by atoms with E-state index in [9.17, 15) is 38.0 Å². The zero-order valence-electron chi connectivity index (χ0n) is 24.4. The number of hydrogen-bond acceptors (Lipinski definition) is 12. The summed E-state index contributed by atoms with van der Waals surface area (Å²) >= 11 is 0. The summed E-state index contributed by atoms with van der Waals surface area (Å²) in [4.78, 5) is 16.8. The molecular weight excluding hydrogens is 636 g/mol. The summed E-state index contributed by atoms with van der Waals surface area (Å²) in [6, 6.07) is 11.2. The second kappa shape index (κ2) is 13.1. The van der Waals surface area contributed by atoms with Crippen molar-refractivity contribution in [3.05, 3.63) is 54.5 Å². The van der Waals surface area contributed by atoms with Gasteiger partial charge in [0.2, 0.25) is 5.60 Å². The van der Waals surface area contributed by atoms with E-state index in [0.717, 1.165) is 0 Å². The Bertz CT molecular complexity index is 1630. The van der Waals surface area contributed by atoms with Gasteiger partial charge in [0.1, 0.15) is 60.7 Å². The molecule has 14 nitrogen and oxygen atoms in total. The summed E-state index contributed by atoms with van der Waals surface area (Å²) in [5, 5.41) is 38.5. The topological polar surface area (TPSA) is 204 Å². The lowest BCUT2D eigenvalue weighted by Gasteiger charge is -2.31. The third-order valence-corrected chi connectivity index (χ3v) is 9.61. The van der Waals surface area contributed by atoms with Gasteiger partial charge in [-0.2, -0.15) is 28.6 Å². The molecule has 0 unspecified atom stereocenters. The number of nitrogens with two attached hydrogens (primary N) is 1. The van der Waals surface area contributed by atoms with Crippen molar-refractivity contribution in [2.24, 2.45) is 5.92 Å². The molecule has 0 spiro atoms. The third kappa shape index (κ3) is 6.97. The van der Waals surface area contributed by atoms with Crippen molar-refractivity contribution in [3.63, 3.8) is 0 Å². The van der Waals surface area contributed by atoms with Crippen LogP contribution in [0.1, 0.15) is 44.4 Å². The smallest absolute Gasteiger partial charge is 0.459 e. The number of carbonyl (C=O) groups excluding carboxylic acids is 1. The molecule has 5 rings (SSSR count). The van der Waals surface area contributed by atoms with E-state index in [0.29, 0.717) is 5.52 Å². The summed E-state index contributed by atoms with van der Waals surface area (Å²) < 4.78 is 76.9. The van der Waals surface area contributed by atoms with Crippen LogP contribution in [0.3, 0.4) is 0 Å². The van der Waals surface area contributed by atoms with Crippen molar-refractivity contribution in [2.75, 3.05) is 12.3 Å². The molecule has 1 saturated heterocycles. The Morgan fingerprint density at radius 2 is 1.93 bits per heavy atom. The Morgan fingerprint density at radius 1 is 1.24 bits per heavy atom. The summed E-state index contributed by atoms with van der Waals surface area (Å²) in [7, 11) is -4.58. The van der Waals surface area contributed by atoms with Crippen LogP contribution in [0.25, 0.3) is 5.52 Å². The molecule has 0 amide bonds. The standard InChI is InChI=1S/C28H32F3N6O8P/c1-16(26(40)43-18-9-7-17(8-10-18)28(29,30)31)36-46(41,45-19-5-3-2-4-6-19)42-14-27(13-32)24(39)22(38)23(44-27)20-11-12-21-25(33)34-15-35-37(20)21/h2-6,11-12,15-18,22-24,38-39H,7-10,14H2,1H3,(H,36,41)(H2,33,34,35)/t16-,17-,18-,22-,23-,24-,27+,46+/m0/s1. The van der Waals surface area contributed by atoms with Crippen molar-refractivity contribution in [1.82, 2.24) is 19.7 Å². The first-order valence-corrected chi connectivity index (χ1v) is 15.9. The Morgan fingerprint density at radius 3 is 2.59 bits per heavy atom. The minimum atomic E-state index is -4.58. The lowest BCUT2D eigenvalue weighted by atomic mass is 9.87. The van der Waals surface area contributed by atoms with Crippen LogP contribution in [-0.2, 0) is 23.4 Å². The van der Waals surface area contributed by atoms with Gasteiger partial charge in [0.25, 0.3) is 0 Å². The Hall–Kier alpha value is -3.78. The zero-order chi connectivity index (χ0) is 33.3. The molecule has 2 aromatic heterocycles. The fourth-order valence-electron chi connectivity index (χ4n) is 5.43. The maximum Gasteiger partial charge on any atom is 0.459 e. The molecule has 1 aliphatic carbocycles. The van der Waals surface area contributed by atoms with Gasteiger partial charge in [0.15, 0.2) is 5.82 Å². The van der Waals surface area contributed by atoms with Crippen LogP contribution in [0, 0.1) is 17.2 Å². The highest BCUT2D eigenvalue weighted by molar-refractivity contribution is 7.52. The Labute approximate surface area is 260 Å². The van der Waals surface area contributed by atoms with Crippen LogP contribution in [-0.4, -0.2) is 73.5 Å². The molecule has 1 aliphatic heterocycles. The fraction of sp³-hybridized carbons (Fsp3) is 0.500. The van der Waals surface area contributed by atoms with E-state index in [2.05, 4.69) is 15.2 Å². The van der Waals surface area contributed by atoms with E-state index in [1.54, 1.807) is 30.3 Å². The van der Waals surface area contributed by atoms with Crippen LogP contribution in [0.15, 0.2) is 48.8 Å². The lowest BCUT2D eigenvalue weighted by Crippen LogP contribution is -2.46. The van der Waals surface area contributed by atoms with Crippen LogP contribution in [0.5, 0.6) is 5.75 Å². The number of benzene rings is 1. The maximum absolute atomic E-state index is 14.0. The molecule has 1 aromatic carbocycles. The number of hydrogen-bond donors (Lipinski definition) is 4. The normalized spacial score (nSPS) is 28.7. The first-order valence-electron chi connectivity index (χ1n) is 14.3.